The molecule has 0 aromatic heterocycles. The first-order chi connectivity index (χ1) is 8.25. The highest BCUT2D eigenvalue weighted by atomic mass is 14.7. The van der Waals surface area contributed by atoms with Crippen LogP contribution in [0.15, 0.2) is 24.3 Å². The van der Waals surface area contributed by atoms with E-state index >= 15 is 0 Å². The second-order valence-corrected chi connectivity index (χ2v) is 6.06. The molecule has 1 aromatic carbocycles. The van der Waals surface area contributed by atoms with Gasteiger partial charge in [-0.15, -0.1) is 0 Å². The molecule has 1 saturated carbocycles. The van der Waals surface area contributed by atoms with E-state index in [-0.39, 0.29) is 0 Å². The van der Waals surface area contributed by atoms with Crippen LogP contribution in [0.3, 0.4) is 0 Å². The van der Waals surface area contributed by atoms with Crippen molar-refractivity contribution in [3.8, 4) is 0 Å². The molecule has 1 aromatic rings. The van der Waals surface area contributed by atoms with Crippen LogP contribution in [0.25, 0.3) is 0 Å². The smallest absolute Gasteiger partial charge is 0.00756 e. The van der Waals surface area contributed by atoms with E-state index in [1.54, 1.807) is 11.1 Å². The molecule has 17 heavy (non-hydrogen) atoms. The normalized spacial score (nSPS) is 32.9. The zero-order chi connectivity index (χ0) is 11.8. The van der Waals surface area contributed by atoms with Gasteiger partial charge in [0, 0.05) is 6.04 Å². The second kappa shape index (κ2) is 4.45. The Balaban J connectivity index is 1.72. The summed E-state index contributed by atoms with van der Waals surface area (Å²) in [6.07, 6.45) is 6.50. The molecule has 1 heteroatoms. The van der Waals surface area contributed by atoms with Crippen molar-refractivity contribution in [2.45, 2.75) is 51.0 Å². The second-order valence-electron chi connectivity index (χ2n) is 6.06. The maximum Gasteiger partial charge on any atom is 0.00756 e. The molecule has 0 heterocycles. The fraction of sp³-hybridized carbons (Fsp3) is 0.625. The van der Waals surface area contributed by atoms with Crippen LogP contribution in [0.1, 0.15) is 49.7 Å². The Kier molecular flexibility index (Phi) is 2.96. The number of hydrogen-bond donors (Lipinski definition) is 1. The quantitative estimate of drug-likeness (QED) is 0.843. The van der Waals surface area contributed by atoms with Gasteiger partial charge in [-0.3, -0.25) is 0 Å². The van der Waals surface area contributed by atoms with E-state index in [2.05, 4.69) is 31.2 Å². The molecule has 0 saturated heterocycles. The van der Waals surface area contributed by atoms with Crippen molar-refractivity contribution in [3.05, 3.63) is 35.4 Å². The van der Waals surface area contributed by atoms with Crippen LogP contribution in [0.2, 0.25) is 0 Å². The maximum atomic E-state index is 6.36. The van der Waals surface area contributed by atoms with Gasteiger partial charge in [-0.25, -0.2) is 0 Å². The van der Waals surface area contributed by atoms with Crippen LogP contribution < -0.4 is 5.73 Å². The Morgan fingerprint density at radius 1 is 1.35 bits per heavy atom. The van der Waals surface area contributed by atoms with Crippen molar-refractivity contribution in [3.63, 3.8) is 0 Å². The Hall–Kier alpha value is -0.820. The minimum atomic E-state index is 0.432. The predicted octanol–water partition coefficient (Wildman–Crippen LogP) is 3.48. The van der Waals surface area contributed by atoms with Crippen LogP contribution in [0.4, 0.5) is 0 Å². The maximum absolute atomic E-state index is 6.36. The first kappa shape index (κ1) is 11.3. The molecular formula is C16H23N. The van der Waals surface area contributed by atoms with E-state index in [4.69, 9.17) is 5.73 Å². The summed E-state index contributed by atoms with van der Waals surface area (Å²) in [5, 5.41) is 0. The first-order valence-electron chi connectivity index (χ1n) is 7.09. The summed E-state index contributed by atoms with van der Waals surface area (Å²) in [7, 11) is 0. The average molecular weight is 229 g/mol. The van der Waals surface area contributed by atoms with Crippen LogP contribution >= 0.6 is 0 Å². The van der Waals surface area contributed by atoms with Crippen molar-refractivity contribution in [2.24, 2.45) is 17.6 Å². The molecule has 2 N–H and O–H groups in total. The van der Waals surface area contributed by atoms with Gasteiger partial charge in [-0.1, -0.05) is 31.2 Å². The van der Waals surface area contributed by atoms with Gasteiger partial charge in [0.25, 0.3) is 0 Å². The molecule has 4 unspecified atom stereocenters. The van der Waals surface area contributed by atoms with E-state index in [1.165, 1.54) is 32.1 Å². The zero-order valence-corrected chi connectivity index (χ0v) is 10.7. The van der Waals surface area contributed by atoms with Crippen LogP contribution in [-0.2, 0) is 6.42 Å². The van der Waals surface area contributed by atoms with E-state index < -0.39 is 0 Å². The number of benzene rings is 1. The lowest BCUT2D eigenvalue weighted by atomic mass is 9.79. The van der Waals surface area contributed by atoms with Gasteiger partial charge in [0.15, 0.2) is 0 Å². The molecular weight excluding hydrogens is 206 g/mol. The molecule has 2 aliphatic carbocycles. The number of hydrogen-bond acceptors (Lipinski definition) is 1. The van der Waals surface area contributed by atoms with Crippen LogP contribution in [-0.4, -0.2) is 6.04 Å². The van der Waals surface area contributed by atoms with E-state index in [0.717, 1.165) is 17.8 Å². The molecule has 2 aliphatic rings. The minimum Gasteiger partial charge on any atom is -0.327 e. The molecule has 3 rings (SSSR count). The zero-order valence-electron chi connectivity index (χ0n) is 10.7. The van der Waals surface area contributed by atoms with Gasteiger partial charge in [0.05, 0.1) is 0 Å². The summed E-state index contributed by atoms with van der Waals surface area (Å²) in [6.45, 7) is 2.33. The van der Waals surface area contributed by atoms with E-state index in [0.29, 0.717) is 6.04 Å². The Morgan fingerprint density at radius 3 is 2.88 bits per heavy atom. The molecule has 92 valence electrons. The highest BCUT2D eigenvalue weighted by molar-refractivity contribution is 5.32. The lowest BCUT2D eigenvalue weighted by Gasteiger charge is -2.27. The fourth-order valence-corrected chi connectivity index (χ4v) is 3.55. The third-order valence-corrected chi connectivity index (χ3v) is 4.77. The first-order valence-corrected chi connectivity index (χ1v) is 7.09. The van der Waals surface area contributed by atoms with Crippen molar-refractivity contribution in [1.82, 2.24) is 0 Å². The molecule has 0 bridgehead atoms. The average Bonchev–Trinajstić information content (AvgIpc) is 3.07. The molecule has 1 nitrogen and oxygen atoms in total. The minimum absolute atomic E-state index is 0.432. The topological polar surface area (TPSA) is 26.0 Å². The number of aryl methyl sites for hydroxylation is 1. The van der Waals surface area contributed by atoms with E-state index in [1.807, 2.05) is 0 Å². The van der Waals surface area contributed by atoms with Crippen molar-refractivity contribution < 1.29 is 0 Å². The van der Waals surface area contributed by atoms with Gasteiger partial charge in [0.1, 0.15) is 0 Å². The van der Waals surface area contributed by atoms with Crippen molar-refractivity contribution in [2.75, 3.05) is 0 Å². The Labute approximate surface area is 104 Å². The van der Waals surface area contributed by atoms with Crippen molar-refractivity contribution >= 4 is 0 Å². The summed E-state index contributed by atoms with van der Waals surface area (Å²) in [5.41, 5.74) is 9.51. The molecule has 1 fully saturated rings. The highest BCUT2D eigenvalue weighted by Crippen LogP contribution is 2.44. The van der Waals surface area contributed by atoms with Gasteiger partial charge >= 0.3 is 0 Å². The van der Waals surface area contributed by atoms with Crippen LogP contribution in [0.5, 0.6) is 0 Å². The molecule has 0 amide bonds. The largest absolute Gasteiger partial charge is 0.327 e. The number of fused-ring (bicyclic) bond motifs is 1. The summed E-state index contributed by atoms with van der Waals surface area (Å²) in [4.78, 5) is 0. The molecule has 0 spiro atoms. The third kappa shape index (κ3) is 2.26. The molecule has 4 atom stereocenters. The lowest BCUT2D eigenvalue weighted by molar-refractivity contribution is 0.432. The van der Waals surface area contributed by atoms with Crippen LogP contribution in [0, 0.1) is 11.8 Å². The van der Waals surface area contributed by atoms with Gasteiger partial charge in [-0.2, -0.15) is 0 Å². The fourth-order valence-electron chi connectivity index (χ4n) is 3.55. The van der Waals surface area contributed by atoms with E-state index in [9.17, 15) is 0 Å². The summed E-state index contributed by atoms with van der Waals surface area (Å²) < 4.78 is 0. The highest BCUT2D eigenvalue weighted by Gasteiger charge is 2.38. The number of nitrogens with two attached hydrogens (primary N) is 1. The molecule has 0 aliphatic heterocycles. The third-order valence-electron chi connectivity index (χ3n) is 4.77. The predicted molar refractivity (Wildman–Crippen MR) is 72.0 cm³/mol. The molecule has 0 radical (unpaired) electrons. The summed E-state index contributed by atoms with van der Waals surface area (Å²) >= 11 is 0. The van der Waals surface area contributed by atoms with Gasteiger partial charge in [0.2, 0.25) is 0 Å². The Bertz CT molecular complexity index is 398. The SMILES string of the molecule is CC1CC1C(N)CC1CCCc2ccccc21. The standard InChI is InChI=1S/C16H23N/c1-11-9-15(11)16(17)10-13-7-4-6-12-5-2-3-8-14(12)13/h2-3,5,8,11,13,15-16H,4,6-7,9-10,17H2,1H3. The lowest BCUT2D eigenvalue weighted by Crippen LogP contribution is -2.27. The number of rotatable bonds is 3. The Morgan fingerprint density at radius 2 is 2.12 bits per heavy atom. The van der Waals surface area contributed by atoms with Crippen molar-refractivity contribution in [1.29, 1.82) is 0 Å². The monoisotopic (exact) mass is 229 g/mol. The van der Waals surface area contributed by atoms with Gasteiger partial charge in [-0.05, 0) is 61.0 Å². The summed E-state index contributed by atoms with van der Waals surface area (Å²) in [6, 6.07) is 9.41. The van der Waals surface area contributed by atoms with Gasteiger partial charge < -0.3 is 5.73 Å². The summed E-state index contributed by atoms with van der Waals surface area (Å²) in [5.74, 6) is 2.41.